The van der Waals surface area contributed by atoms with Crippen molar-refractivity contribution in [1.29, 1.82) is 0 Å². The highest BCUT2D eigenvalue weighted by atomic mass is 32.2. The number of rotatable bonds is 7. The number of para-hydroxylation sites is 1. The van der Waals surface area contributed by atoms with Crippen LogP contribution in [0.2, 0.25) is 0 Å². The van der Waals surface area contributed by atoms with Crippen molar-refractivity contribution in [2.24, 2.45) is 0 Å². The largest absolute Gasteiger partial charge is 0.346 e. The fraction of sp³-hybridized carbons (Fsp3) is 0.158. The summed E-state index contributed by atoms with van der Waals surface area (Å²) in [4.78, 5) is 28.2. The molecule has 11 heteroatoms. The molecule has 3 rings (SSSR count). The van der Waals surface area contributed by atoms with Gasteiger partial charge in [-0.1, -0.05) is 30.0 Å². The molecule has 0 aliphatic heterocycles. The second-order valence-corrected chi connectivity index (χ2v) is 7.36. The summed E-state index contributed by atoms with van der Waals surface area (Å²) in [7, 11) is 0. The lowest BCUT2D eigenvalue weighted by molar-refractivity contribution is -0.123. The standard InChI is InChI=1S/C19H16F3N5O2S/c1-11(30-19-24-10-27(26-19)12-5-3-2-4-6-12)18(29)23-9-15(28)25-14-8-7-13(20)16(21)17(14)22/h2-8,10-11H,9H2,1H3,(H,23,29)(H,25,28). The van der Waals surface area contributed by atoms with Gasteiger partial charge in [0.25, 0.3) is 0 Å². The predicted molar refractivity (Wildman–Crippen MR) is 105 cm³/mol. The first-order valence-corrected chi connectivity index (χ1v) is 9.58. The number of benzene rings is 2. The molecule has 0 aliphatic rings. The van der Waals surface area contributed by atoms with Crippen LogP contribution in [0.4, 0.5) is 18.9 Å². The number of amides is 2. The van der Waals surface area contributed by atoms with Crippen LogP contribution in [0.15, 0.2) is 53.9 Å². The van der Waals surface area contributed by atoms with E-state index in [1.807, 2.05) is 30.3 Å². The van der Waals surface area contributed by atoms with Crippen LogP contribution in [0.25, 0.3) is 5.69 Å². The maximum absolute atomic E-state index is 13.6. The van der Waals surface area contributed by atoms with Crippen molar-refractivity contribution in [2.45, 2.75) is 17.3 Å². The average Bonchev–Trinajstić information content (AvgIpc) is 3.21. The molecule has 0 saturated carbocycles. The first-order chi connectivity index (χ1) is 14.3. The van der Waals surface area contributed by atoms with Gasteiger partial charge in [-0.3, -0.25) is 9.59 Å². The molecule has 0 radical (unpaired) electrons. The van der Waals surface area contributed by atoms with Crippen LogP contribution in [0.3, 0.4) is 0 Å². The third kappa shape index (κ3) is 5.17. The lowest BCUT2D eigenvalue weighted by Crippen LogP contribution is -2.37. The Bertz CT molecular complexity index is 1060. The summed E-state index contributed by atoms with van der Waals surface area (Å²) >= 11 is 1.09. The van der Waals surface area contributed by atoms with Gasteiger partial charge in [0.1, 0.15) is 6.33 Å². The zero-order valence-corrected chi connectivity index (χ0v) is 16.4. The Hall–Kier alpha value is -3.34. The summed E-state index contributed by atoms with van der Waals surface area (Å²) in [6.45, 7) is 1.13. The van der Waals surface area contributed by atoms with E-state index in [0.717, 1.165) is 23.5 Å². The molecule has 2 amide bonds. The van der Waals surface area contributed by atoms with Crippen molar-refractivity contribution in [3.8, 4) is 5.69 Å². The molecule has 3 aromatic rings. The van der Waals surface area contributed by atoms with Gasteiger partial charge in [-0.25, -0.2) is 22.8 Å². The molecule has 2 aromatic carbocycles. The van der Waals surface area contributed by atoms with E-state index in [4.69, 9.17) is 0 Å². The van der Waals surface area contributed by atoms with Crippen molar-refractivity contribution >= 4 is 29.3 Å². The van der Waals surface area contributed by atoms with Gasteiger partial charge in [-0.05, 0) is 31.2 Å². The molecule has 2 N–H and O–H groups in total. The number of nitrogens with zero attached hydrogens (tertiary/aromatic N) is 3. The van der Waals surface area contributed by atoms with Gasteiger partial charge in [-0.15, -0.1) is 5.10 Å². The minimum absolute atomic E-state index is 0.370. The first kappa shape index (κ1) is 21.4. The Kier molecular flexibility index (Phi) is 6.72. The van der Waals surface area contributed by atoms with E-state index in [-0.39, 0.29) is 0 Å². The van der Waals surface area contributed by atoms with Crippen LogP contribution in [0.1, 0.15) is 6.92 Å². The highest BCUT2D eigenvalue weighted by molar-refractivity contribution is 8.00. The first-order valence-electron chi connectivity index (χ1n) is 8.70. The molecule has 1 heterocycles. The Morgan fingerprint density at radius 3 is 2.57 bits per heavy atom. The molecule has 0 saturated heterocycles. The number of carbonyl (C=O) groups is 2. The van der Waals surface area contributed by atoms with Crippen LogP contribution in [0, 0.1) is 17.5 Å². The zero-order valence-electron chi connectivity index (χ0n) is 15.6. The van der Waals surface area contributed by atoms with Gasteiger partial charge < -0.3 is 10.6 Å². The summed E-state index contributed by atoms with van der Waals surface area (Å²) in [5.74, 6) is -5.84. The number of carbonyl (C=O) groups excluding carboxylic acids is 2. The molecule has 0 bridgehead atoms. The topological polar surface area (TPSA) is 88.9 Å². The number of halogens is 3. The van der Waals surface area contributed by atoms with E-state index in [1.165, 1.54) is 6.33 Å². The van der Waals surface area contributed by atoms with Gasteiger partial charge in [0.05, 0.1) is 23.2 Å². The minimum atomic E-state index is -1.69. The van der Waals surface area contributed by atoms with Crippen molar-refractivity contribution in [2.75, 3.05) is 11.9 Å². The summed E-state index contributed by atoms with van der Waals surface area (Å²) in [5.41, 5.74) is 0.293. The molecule has 1 aromatic heterocycles. The van der Waals surface area contributed by atoms with E-state index >= 15 is 0 Å². The zero-order chi connectivity index (χ0) is 21.7. The molecular weight excluding hydrogens is 419 g/mol. The van der Waals surface area contributed by atoms with E-state index in [2.05, 4.69) is 20.7 Å². The molecular formula is C19H16F3N5O2S. The van der Waals surface area contributed by atoms with E-state index < -0.39 is 46.7 Å². The number of hydrogen-bond donors (Lipinski definition) is 2. The summed E-state index contributed by atoms with van der Waals surface area (Å²) in [6.07, 6.45) is 1.52. The molecule has 0 fully saturated rings. The van der Waals surface area contributed by atoms with Crippen molar-refractivity contribution < 1.29 is 22.8 Å². The Balaban J connectivity index is 1.51. The van der Waals surface area contributed by atoms with E-state index in [0.29, 0.717) is 11.2 Å². The lowest BCUT2D eigenvalue weighted by atomic mass is 10.2. The second kappa shape index (κ2) is 9.44. The molecule has 0 spiro atoms. The van der Waals surface area contributed by atoms with Crippen molar-refractivity contribution in [1.82, 2.24) is 20.1 Å². The average molecular weight is 435 g/mol. The number of hydrogen-bond acceptors (Lipinski definition) is 5. The fourth-order valence-corrected chi connectivity index (χ4v) is 3.10. The smallest absolute Gasteiger partial charge is 0.243 e. The maximum atomic E-state index is 13.6. The number of nitrogens with one attached hydrogen (secondary N) is 2. The Morgan fingerprint density at radius 2 is 1.83 bits per heavy atom. The number of aromatic nitrogens is 3. The lowest BCUT2D eigenvalue weighted by Gasteiger charge is -2.11. The van der Waals surface area contributed by atoms with Crippen LogP contribution in [-0.2, 0) is 9.59 Å². The molecule has 30 heavy (non-hydrogen) atoms. The third-order valence-electron chi connectivity index (χ3n) is 3.88. The third-order valence-corrected chi connectivity index (χ3v) is 4.84. The molecule has 156 valence electrons. The SMILES string of the molecule is CC(Sc1ncn(-c2ccccc2)n1)C(=O)NCC(=O)Nc1ccc(F)c(F)c1F. The number of anilines is 1. The maximum Gasteiger partial charge on any atom is 0.243 e. The summed E-state index contributed by atoms with van der Waals surface area (Å²) < 4.78 is 41.3. The van der Waals surface area contributed by atoms with Crippen LogP contribution >= 0.6 is 11.8 Å². The van der Waals surface area contributed by atoms with Crippen molar-refractivity contribution in [3.05, 3.63) is 66.2 Å². The van der Waals surface area contributed by atoms with E-state index in [9.17, 15) is 22.8 Å². The van der Waals surface area contributed by atoms with E-state index in [1.54, 1.807) is 11.6 Å². The second-order valence-electron chi connectivity index (χ2n) is 6.06. The monoisotopic (exact) mass is 435 g/mol. The molecule has 1 unspecified atom stereocenters. The van der Waals surface area contributed by atoms with Gasteiger partial charge in [0, 0.05) is 0 Å². The van der Waals surface area contributed by atoms with Crippen LogP contribution in [0.5, 0.6) is 0 Å². The molecule has 0 aliphatic carbocycles. The fourth-order valence-electron chi connectivity index (χ4n) is 2.35. The van der Waals surface area contributed by atoms with Gasteiger partial charge in [0.15, 0.2) is 17.5 Å². The Morgan fingerprint density at radius 1 is 1.10 bits per heavy atom. The van der Waals surface area contributed by atoms with Gasteiger partial charge >= 0.3 is 0 Å². The van der Waals surface area contributed by atoms with Crippen LogP contribution in [-0.4, -0.2) is 38.4 Å². The highest BCUT2D eigenvalue weighted by Gasteiger charge is 2.19. The van der Waals surface area contributed by atoms with Crippen molar-refractivity contribution in [3.63, 3.8) is 0 Å². The molecule has 1 atom stereocenters. The normalized spacial score (nSPS) is 11.7. The number of thioether (sulfide) groups is 1. The molecule has 7 nitrogen and oxygen atoms in total. The summed E-state index contributed by atoms with van der Waals surface area (Å²) in [6, 6.07) is 10.9. The quantitative estimate of drug-likeness (QED) is 0.440. The van der Waals surface area contributed by atoms with Crippen LogP contribution < -0.4 is 10.6 Å². The highest BCUT2D eigenvalue weighted by Crippen LogP contribution is 2.21. The predicted octanol–water partition coefficient (Wildman–Crippen LogP) is 2.92. The summed E-state index contributed by atoms with van der Waals surface area (Å²) in [5, 5.41) is 8.49. The Labute approximate surface area is 173 Å². The van der Waals surface area contributed by atoms with Gasteiger partial charge in [0.2, 0.25) is 17.0 Å². The van der Waals surface area contributed by atoms with Gasteiger partial charge in [-0.2, -0.15) is 0 Å². The minimum Gasteiger partial charge on any atom is -0.346 e.